The van der Waals surface area contributed by atoms with Crippen molar-refractivity contribution < 1.29 is 34.7 Å². The Morgan fingerprint density at radius 2 is 2.00 bits per heavy atom. The smallest absolute Gasteiger partial charge is 0.380 e. The quantitative estimate of drug-likeness (QED) is 0.800. The van der Waals surface area contributed by atoms with Crippen LogP contribution in [-0.4, -0.2) is 40.5 Å². The van der Waals surface area contributed by atoms with Crippen molar-refractivity contribution in [2.24, 2.45) is 5.92 Å². The largest absolute Gasteiger partial charge is 0.416 e. The maximum Gasteiger partial charge on any atom is 0.416 e. The summed E-state index contributed by atoms with van der Waals surface area (Å²) in [5.41, 5.74) is -1.07. The van der Waals surface area contributed by atoms with Gasteiger partial charge in [-0.25, -0.2) is 16.8 Å². The third kappa shape index (κ3) is 3.60. The Balaban J connectivity index is 2.51. The molecule has 1 aliphatic heterocycles. The molecule has 0 bridgehead atoms. The van der Waals surface area contributed by atoms with Gasteiger partial charge in [-0.05, 0) is 37.5 Å². The van der Waals surface area contributed by atoms with Crippen LogP contribution < -0.4 is 0 Å². The highest BCUT2D eigenvalue weighted by molar-refractivity contribution is 7.93. The molecule has 24 heavy (non-hydrogen) atoms. The van der Waals surface area contributed by atoms with Crippen molar-refractivity contribution in [1.29, 1.82) is 0 Å². The van der Waals surface area contributed by atoms with Gasteiger partial charge in [0.05, 0.1) is 22.8 Å². The molecule has 1 aromatic rings. The molecule has 5 nitrogen and oxygen atoms in total. The Bertz CT molecular complexity index is 778. The Morgan fingerprint density at radius 3 is 2.58 bits per heavy atom. The lowest BCUT2D eigenvalue weighted by molar-refractivity contribution is -0.137. The highest BCUT2D eigenvalue weighted by Gasteiger charge is 2.49. The van der Waals surface area contributed by atoms with E-state index in [0.717, 1.165) is 18.2 Å². The van der Waals surface area contributed by atoms with Gasteiger partial charge in [0, 0.05) is 6.61 Å². The van der Waals surface area contributed by atoms with E-state index in [1.807, 2.05) is 0 Å². The first-order chi connectivity index (χ1) is 11.0. The highest BCUT2D eigenvalue weighted by Crippen LogP contribution is 2.39. The molecule has 1 fully saturated rings. The fourth-order valence-electron chi connectivity index (χ4n) is 2.79. The second-order valence-electron chi connectivity index (χ2n) is 5.90. The van der Waals surface area contributed by atoms with Crippen LogP contribution >= 0.6 is 0 Å². The number of alkyl halides is 3. The number of rotatable bonds is 4. The van der Waals surface area contributed by atoms with Crippen LogP contribution in [0.5, 0.6) is 0 Å². The molecule has 2 atom stereocenters. The average molecular weight is 386 g/mol. The number of halogens is 3. The van der Waals surface area contributed by atoms with E-state index in [4.69, 9.17) is 4.74 Å². The monoisotopic (exact) mass is 386 g/mol. The molecule has 2 rings (SSSR count). The van der Waals surface area contributed by atoms with Gasteiger partial charge in [-0.1, -0.05) is 6.07 Å². The van der Waals surface area contributed by atoms with Crippen molar-refractivity contribution >= 4 is 20.5 Å². The predicted molar refractivity (Wildman–Crippen MR) is 81.1 cm³/mol. The summed E-state index contributed by atoms with van der Waals surface area (Å²) < 4.78 is 90.1. The molecule has 0 amide bonds. The van der Waals surface area contributed by atoms with Crippen molar-refractivity contribution in [3.8, 4) is 0 Å². The van der Waals surface area contributed by atoms with Gasteiger partial charge in [0.2, 0.25) is 0 Å². The molecule has 0 radical (unpaired) electrons. The molecular formula is C14H17F3O5S2. The molecule has 136 valence electrons. The van der Waals surface area contributed by atoms with Crippen molar-refractivity contribution in [2.45, 2.75) is 29.2 Å². The second-order valence-corrected chi connectivity index (χ2v) is 9.34. The molecule has 2 unspecified atom stereocenters. The van der Waals surface area contributed by atoms with Crippen LogP contribution in [0.4, 0.5) is 13.2 Å². The normalized spacial score (nSPS) is 25.8. The molecule has 0 saturated carbocycles. The van der Waals surface area contributed by atoms with E-state index in [1.54, 1.807) is 0 Å². The van der Waals surface area contributed by atoms with E-state index in [1.165, 1.54) is 6.92 Å². The molecule has 10 heteroatoms. The minimum atomic E-state index is -4.67. The van der Waals surface area contributed by atoms with Crippen molar-refractivity contribution in [3.05, 3.63) is 29.8 Å². The topological polar surface area (TPSA) is 77.5 Å². The fraction of sp³-hybridized carbons (Fsp3) is 0.571. The zero-order valence-electron chi connectivity index (χ0n) is 12.7. The second kappa shape index (κ2) is 6.64. The molecule has 0 N–H and O–H groups in total. The van der Waals surface area contributed by atoms with Crippen LogP contribution in [0.3, 0.4) is 0 Å². The molecule has 1 aromatic carbocycles. The van der Waals surface area contributed by atoms with Gasteiger partial charge in [-0.2, -0.15) is 13.2 Å². The summed E-state index contributed by atoms with van der Waals surface area (Å²) in [6.07, 6.45) is -4.47. The summed E-state index contributed by atoms with van der Waals surface area (Å²) in [4.78, 5) is -0.489. The lowest BCUT2D eigenvalue weighted by Crippen LogP contribution is -2.51. The molecule has 0 aliphatic carbocycles. The predicted octanol–water partition coefficient (Wildman–Crippen LogP) is 1.89. The molecule has 0 spiro atoms. The third-order valence-electron chi connectivity index (χ3n) is 4.32. The summed E-state index contributed by atoms with van der Waals surface area (Å²) in [7, 11) is -7.05. The number of ether oxygens (including phenoxy) is 1. The maximum atomic E-state index is 12.9. The maximum absolute atomic E-state index is 12.9. The standard InChI is InChI=1S/C14H17F3O5S2/c1-13(9-22-6-5-11(13)8-23(18)19)24(20,21)12-4-2-3-10(7-12)14(15,16)17/h2-4,7,11,23H,5-6,8-9H2,1H3. The van der Waals surface area contributed by atoms with Crippen LogP contribution in [0.15, 0.2) is 29.2 Å². The zero-order valence-corrected chi connectivity index (χ0v) is 14.5. The van der Waals surface area contributed by atoms with Crippen LogP contribution in [-0.2, 0) is 31.5 Å². The number of thiol groups is 1. The highest BCUT2D eigenvalue weighted by atomic mass is 32.2. The van der Waals surface area contributed by atoms with E-state index in [-0.39, 0.29) is 25.4 Å². The lowest BCUT2D eigenvalue weighted by atomic mass is 9.91. The van der Waals surface area contributed by atoms with E-state index in [0.29, 0.717) is 6.07 Å². The van der Waals surface area contributed by atoms with Crippen molar-refractivity contribution in [2.75, 3.05) is 19.0 Å². The molecule has 1 heterocycles. The van der Waals surface area contributed by atoms with Gasteiger partial charge >= 0.3 is 6.18 Å². The molecule has 0 aromatic heterocycles. The van der Waals surface area contributed by atoms with Crippen molar-refractivity contribution in [3.63, 3.8) is 0 Å². The Hall–Kier alpha value is -1.13. The summed E-state index contributed by atoms with van der Waals surface area (Å²) in [6.45, 7) is 1.27. The lowest BCUT2D eigenvalue weighted by Gasteiger charge is -2.39. The zero-order chi connectivity index (χ0) is 18.2. The van der Waals surface area contributed by atoms with Crippen LogP contribution in [0.2, 0.25) is 0 Å². The number of sulfone groups is 1. The summed E-state index contributed by atoms with van der Waals surface area (Å²) in [5.74, 6) is -1.10. The molecule has 1 aliphatic rings. The summed E-state index contributed by atoms with van der Waals surface area (Å²) in [5, 5.41) is 0. The summed E-state index contributed by atoms with van der Waals surface area (Å²) in [6, 6.07) is 3.46. The van der Waals surface area contributed by atoms with Crippen molar-refractivity contribution in [1.82, 2.24) is 0 Å². The van der Waals surface area contributed by atoms with E-state index in [2.05, 4.69) is 0 Å². The number of hydrogen-bond acceptors (Lipinski definition) is 5. The number of hydrogen-bond donors (Lipinski definition) is 1. The van der Waals surface area contributed by atoms with Crippen LogP contribution in [0, 0.1) is 5.92 Å². The van der Waals surface area contributed by atoms with E-state index < -0.39 is 47.8 Å². The Morgan fingerprint density at radius 1 is 1.33 bits per heavy atom. The molecular weight excluding hydrogens is 369 g/mol. The first kappa shape index (κ1) is 19.2. The first-order valence-corrected chi connectivity index (χ1v) is 9.94. The first-order valence-electron chi connectivity index (χ1n) is 7.10. The van der Waals surface area contributed by atoms with E-state index in [9.17, 15) is 30.0 Å². The van der Waals surface area contributed by atoms with Gasteiger partial charge in [0.1, 0.15) is 15.5 Å². The van der Waals surface area contributed by atoms with Gasteiger partial charge in [0.25, 0.3) is 0 Å². The SMILES string of the molecule is CC1(S(=O)(=O)c2cccc(C(F)(F)F)c2)COCCC1C[SH](=O)=O. The fourth-order valence-corrected chi connectivity index (χ4v) is 5.82. The minimum Gasteiger partial charge on any atom is -0.380 e. The third-order valence-corrected chi connectivity index (χ3v) is 7.61. The average Bonchev–Trinajstić information content (AvgIpc) is 2.48. The Labute approximate surface area is 139 Å². The summed E-state index contributed by atoms with van der Waals surface area (Å²) >= 11 is 0. The van der Waals surface area contributed by atoms with Gasteiger partial charge < -0.3 is 4.74 Å². The van der Waals surface area contributed by atoms with Crippen LogP contribution in [0.1, 0.15) is 18.9 Å². The van der Waals surface area contributed by atoms with Gasteiger partial charge in [-0.15, -0.1) is 0 Å². The minimum absolute atomic E-state index is 0.206. The number of benzene rings is 1. The van der Waals surface area contributed by atoms with Gasteiger partial charge in [-0.3, -0.25) is 0 Å². The Kier molecular flexibility index (Phi) is 5.31. The van der Waals surface area contributed by atoms with E-state index >= 15 is 0 Å². The van der Waals surface area contributed by atoms with Gasteiger partial charge in [0.15, 0.2) is 9.84 Å². The van der Waals surface area contributed by atoms with Crippen LogP contribution in [0.25, 0.3) is 0 Å². The molecule has 1 saturated heterocycles.